The average molecular weight is 277 g/mol. The Labute approximate surface area is 120 Å². The number of piperidine rings is 1. The van der Waals surface area contributed by atoms with Gasteiger partial charge in [0.2, 0.25) is 5.91 Å². The van der Waals surface area contributed by atoms with E-state index in [1.165, 1.54) is 0 Å². The number of rotatable bonds is 5. The third-order valence-corrected chi connectivity index (χ3v) is 3.37. The average Bonchev–Trinajstić information content (AvgIpc) is 2.41. The zero-order valence-electron chi connectivity index (χ0n) is 12.0. The lowest BCUT2D eigenvalue weighted by atomic mass is 10.1. The second kappa shape index (κ2) is 7.26. The Morgan fingerprint density at radius 3 is 3.05 bits per heavy atom. The van der Waals surface area contributed by atoms with Gasteiger partial charge in [0, 0.05) is 12.6 Å². The number of amides is 1. The fourth-order valence-corrected chi connectivity index (χ4v) is 2.48. The molecule has 1 aliphatic heterocycles. The predicted molar refractivity (Wildman–Crippen MR) is 79.9 cm³/mol. The van der Waals surface area contributed by atoms with Crippen LogP contribution in [0.5, 0.6) is 5.75 Å². The van der Waals surface area contributed by atoms with Crippen molar-refractivity contribution in [2.24, 2.45) is 5.73 Å². The van der Waals surface area contributed by atoms with E-state index in [1.54, 1.807) is 0 Å². The molecule has 0 radical (unpaired) electrons. The molecule has 5 heteroatoms. The fourth-order valence-electron chi connectivity index (χ4n) is 2.48. The van der Waals surface area contributed by atoms with Gasteiger partial charge in [-0.2, -0.15) is 0 Å². The summed E-state index contributed by atoms with van der Waals surface area (Å²) >= 11 is 0. The minimum absolute atomic E-state index is 0.0220. The molecule has 1 saturated heterocycles. The van der Waals surface area contributed by atoms with Gasteiger partial charge in [-0.15, -0.1) is 0 Å². The number of ether oxygens (including phenoxy) is 1. The SMILES string of the molecule is CCOc1ccccc1NC(=O)CN1CCC[C@@H](N)C1. The van der Waals surface area contributed by atoms with Crippen LogP contribution in [-0.2, 0) is 4.79 Å². The van der Waals surface area contributed by atoms with Crippen molar-refractivity contribution in [2.45, 2.75) is 25.8 Å². The van der Waals surface area contributed by atoms with Gasteiger partial charge in [-0.05, 0) is 38.4 Å². The van der Waals surface area contributed by atoms with Crippen molar-refractivity contribution in [3.8, 4) is 5.75 Å². The maximum absolute atomic E-state index is 12.1. The monoisotopic (exact) mass is 277 g/mol. The van der Waals surface area contributed by atoms with Crippen molar-refractivity contribution >= 4 is 11.6 Å². The van der Waals surface area contributed by atoms with Crippen LogP contribution >= 0.6 is 0 Å². The Kier molecular flexibility index (Phi) is 5.38. The smallest absolute Gasteiger partial charge is 0.238 e. The van der Waals surface area contributed by atoms with E-state index in [0.717, 1.165) is 31.6 Å². The molecule has 1 heterocycles. The van der Waals surface area contributed by atoms with Crippen LogP contribution in [0.15, 0.2) is 24.3 Å². The highest BCUT2D eigenvalue weighted by Crippen LogP contribution is 2.23. The summed E-state index contributed by atoms with van der Waals surface area (Å²) < 4.78 is 5.50. The molecule has 5 nitrogen and oxygen atoms in total. The molecule has 2 rings (SSSR count). The first kappa shape index (κ1) is 14.8. The summed E-state index contributed by atoms with van der Waals surface area (Å²) in [6.07, 6.45) is 2.11. The second-order valence-corrected chi connectivity index (χ2v) is 5.11. The first-order valence-corrected chi connectivity index (χ1v) is 7.18. The third-order valence-electron chi connectivity index (χ3n) is 3.37. The zero-order chi connectivity index (χ0) is 14.4. The lowest BCUT2D eigenvalue weighted by Gasteiger charge is -2.30. The Morgan fingerprint density at radius 2 is 2.30 bits per heavy atom. The highest BCUT2D eigenvalue weighted by molar-refractivity contribution is 5.93. The van der Waals surface area contributed by atoms with Crippen LogP contribution in [0, 0.1) is 0 Å². The Balaban J connectivity index is 1.91. The van der Waals surface area contributed by atoms with E-state index in [2.05, 4.69) is 10.2 Å². The maximum Gasteiger partial charge on any atom is 0.238 e. The largest absolute Gasteiger partial charge is 0.492 e. The molecule has 0 bridgehead atoms. The Bertz CT molecular complexity index is 450. The van der Waals surface area contributed by atoms with E-state index in [0.29, 0.717) is 18.9 Å². The molecule has 1 aromatic carbocycles. The van der Waals surface area contributed by atoms with E-state index in [1.807, 2.05) is 31.2 Å². The minimum Gasteiger partial charge on any atom is -0.492 e. The van der Waals surface area contributed by atoms with Gasteiger partial charge >= 0.3 is 0 Å². The molecule has 3 N–H and O–H groups in total. The molecule has 0 saturated carbocycles. The number of hydrogen-bond donors (Lipinski definition) is 2. The number of nitrogens with one attached hydrogen (secondary N) is 1. The van der Waals surface area contributed by atoms with Gasteiger partial charge in [-0.1, -0.05) is 12.1 Å². The van der Waals surface area contributed by atoms with Gasteiger partial charge < -0.3 is 15.8 Å². The third kappa shape index (κ3) is 4.21. The summed E-state index contributed by atoms with van der Waals surface area (Å²) in [5.74, 6) is 0.685. The highest BCUT2D eigenvalue weighted by atomic mass is 16.5. The molecule has 0 unspecified atom stereocenters. The van der Waals surface area contributed by atoms with Crippen molar-refractivity contribution in [1.82, 2.24) is 4.90 Å². The molecule has 0 aromatic heterocycles. The van der Waals surface area contributed by atoms with Crippen LogP contribution in [0.25, 0.3) is 0 Å². The van der Waals surface area contributed by atoms with Crippen LogP contribution in [-0.4, -0.2) is 43.1 Å². The molecule has 110 valence electrons. The number of benzene rings is 1. The molecular formula is C15H23N3O2. The number of hydrogen-bond acceptors (Lipinski definition) is 4. The van der Waals surface area contributed by atoms with Gasteiger partial charge in [0.1, 0.15) is 5.75 Å². The molecule has 1 amide bonds. The first-order chi connectivity index (χ1) is 9.69. The second-order valence-electron chi connectivity index (χ2n) is 5.11. The summed E-state index contributed by atoms with van der Waals surface area (Å²) in [6, 6.07) is 7.67. The summed E-state index contributed by atoms with van der Waals surface area (Å²) in [7, 11) is 0. The van der Waals surface area contributed by atoms with Crippen molar-refractivity contribution in [2.75, 3.05) is 31.6 Å². The normalized spacial score (nSPS) is 19.6. The number of carbonyl (C=O) groups is 1. The standard InChI is InChI=1S/C15H23N3O2/c1-2-20-14-8-4-3-7-13(14)17-15(19)11-18-9-5-6-12(16)10-18/h3-4,7-8,12H,2,5-6,9-11,16H2,1H3,(H,17,19)/t12-/m1/s1. The summed E-state index contributed by atoms with van der Waals surface area (Å²) in [6.45, 7) is 4.62. The van der Waals surface area contributed by atoms with Crippen LogP contribution in [0.4, 0.5) is 5.69 Å². The molecule has 1 aliphatic rings. The summed E-state index contributed by atoms with van der Waals surface area (Å²) in [5, 5.41) is 2.91. The first-order valence-electron chi connectivity index (χ1n) is 7.18. The van der Waals surface area contributed by atoms with Gasteiger partial charge in [-0.25, -0.2) is 0 Å². The molecule has 20 heavy (non-hydrogen) atoms. The number of anilines is 1. The van der Waals surface area contributed by atoms with Crippen LogP contribution in [0.1, 0.15) is 19.8 Å². The molecule has 0 aliphatic carbocycles. The van der Waals surface area contributed by atoms with Crippen LogP contribution in [0.3, 0.4) is 0 Å². The van der Waals surface area contributed by atoms with E-state index >= 15 is 0 Å². The Morgan fingerprint density at radius 1 is 1.50 bits per heavy atom. The molecule has 1 fully saturated rings. The lowest BCUT2D eigenvalue weighted by molar-refractivity contribution is -0.117. The summed E-state index contributed by atoms with van der Waals surface area (Å²) in [4.78, 5) is 14.2. The van der Waals surface area contributed by atoms with Crippen molar-refractivity contribution in [3.63, 3.8) is 0 Å². The highest BCUT2D eigenvalue weighted by Gasteiger charge is 2.19. The minimum atomic E-state index is -0.0220. The van der Waals surface area contributed by atoms with E-state index < -0.39 is 0 Å². The van der Waals surface area contributed by atoms with E-state index in [-0.39, 0.29) is 11.9 Å². The van der Waals surface area contributed by atoms with Crippen molar-refractivity contribution in [1.29, 1.82) is 0 Å². The van der Waals surface area contributed by atoms with Gasteiger partial charge in [-0.3, -0.25) is 9.69 Å². The van der Waals surface area contributed by atoms with Gasteiger partial charge in [0.25, 0.3) is 0 Å². The summed E-state index contributed by atoms with van der Waals surface area (Å²) in [5.41, 5.74) is 6.65. The molecular weight excluding hydrogens is 254 g/mol. The Hall–Kier alpha value is -1.59. The lowest BCUT2D eigenvalue weighted by Crippen LogP contribution is -2.45. The van der Waals surface area contributed by atoms with Crippen molar-refractivity contribution in [3.05, 3.63) is 24.3 Å². The zero-order valence-corrected chi connectivity index (χ0v) is 12.0. The van der Waals surface area contributed by atoms with Gasteiger partial charge in [0.15, 0.2) is 0 Å². The number of para-hydroxylation sites is 2. The van der Waals surface area contributed by atoms with Crippen LogP contribution in [0.2, 0.25) is 0 Å². The quantitative estimate of drug-likeness (QED) is 0.855. The fraction of sp³-hybridized carbons (Fsp3) is 0.533. The molecule has 0 spiro atoms. The topological polar surface area (TPSA) is 67.6 Å². The van der Waals surface area contributed by atoms with Crippen molar-refractivity contribution < 1.29 is 9.53 Å². The maximum atomic E-state index is 12.1. The van der Waals surface area contributed by atoms with Gasteiger partial charge in [0.05, 0.1) is 18.8 Å². The van der Waals surface area contributed by atoms with Crippen LogP contribution < -0.4 is 15.8 Å². The number of nitrogens with two attached hydrogens (primary N) is 1. The number of nitrogens with zero attached hydrogens (tertiary/aromatic N) is 1. The van der Waals surface area contributed by atoms with E-state index in [9.17, 15) is 4.79 Å². The number of likely N-dealkylation sites (tertiary alicyclic amines) is 1. The predicted octanol–water partition coefficient (Wildman–Crippen LogP) is 1.45. The molecule has 1 atom stereocenters. The molecule has 1 aromatic rings. The number of carbonyl (C=O) groups excluding carboxylic acids is 1. The van der Waals surface area contributed by atoms with E-state index in [4.69, 9.17) is 10.5 Å².